The van der Waals surface area contributed by atoms with Crippen LogP contribution < -0.4 is 4.74 Å². The zero-order valence-electron chi connectivity index (χ0n) is 16.6. The predicted molar refractivity (Wildman–Crippen MR) is 106 cm³/mol. The Balaban J connectivity index is 2.00. The second-order valence-electron chi connectivity index (χ2n) is 7.77. The Morgan fingerprint density at radius 3 is 2.45 bits per heavy atom. The number of alkyl halides is 3. The average Bonchev–Trinajstić information content (AvgIpc) is 2.64. The van der Waals surface area contributed by atoms with Crippen molar-refractivity contribution in [3.05, 3.63) is 60.0 Å². The van der Waals surface area contributed by atoms with Crippen LogP contribution in [-0.2, 0) is 6.18 Å². The monoisotopic (exact) mass is 405 g/mol. The highest BCUT2D eigenvalue weighted by Crippen LogP contribution is 2.40. The summed E-state index contributed by atoms with van der Waals surface area (Å²) in [6.07, 6.45) is -2.20. The third-order valence-corrected chi connectivity index (χ3v) is 4.70. The van der Waals surface area contributed by atoms with Crippen LogP contribution >= 0.6 is 0 Å². The Bertz CT molecular complexity index is 998. The van der Waals surface area contributed by atoms with Gasteiger partial charge in [0.1, 0.15) is 11.6 Å². The molecule has 0 saturated carbocycles. The van der Waals surface area contributed by atoms with E-state index in [2.05, 4.69) is 18.8 Å². The predicted octanol–water partition coefficient (Wildman–Crippen LogP) is 7.12. The van der Waals surface area contributed by atoms with Crippen molar-refractivity contribution in [1.29, 1.82) is 0 Å². The highest BCUT2D eigenvalue weighted by Gasteiger charge is 2.35. The van der Waals surface area contributed by atoms with Crippen molar-refractivity contribution in [2.24, 2.45) is 11.8 Å². The molecule has 0 aliphatic carbocycles. The number of fused-ring (bicyclic) bond motifs is 1. The first-order chi connectivity index (χ1) is 13.6. The molecule has 3 rings (SSSR count). The summed E-state index contributed by atoms with van der Waals surface area (Å²) < 4.78 is 60.3. The summed E-state index contributed by atoms with van der Waals surface area (Å²) >= 11 is 0. The summed E-state index contributed by atoms with van der Waals surface area (Å²) in [6, 6.07) is 9.61. The second kappa shape index (κ2) is 8.39. The molecule has 0 bridgehead atoms. The zero-order valence-corrected chi connectivity index (χ0v) is 16.6. The molecule has 0 N–H and O–H groups in total. The first-order valence-electron chi connectivity index (χ1n) is 9.54. The summed E-state index contributed by atoms with van der Waals surface area (Å²) in [5.41, 5.74) is 0.492. The van der Waals surface area contributed by atoms with Crippen molar-refractivity contribution in [1.82, 2.24) is 4.98 Å². The van der Waals surface area contributed by atoms with E-state index in [0.29, 0.717) is 27.9 Å². The molecule has 0 spiro atoms. The van der Waals surface area contributed by atoms with Gasteiger partial charge in [-0.1, -0.05) is 26.8 Å². The topological polar surface area (TPSA) is 22.1 Å². The maximum atomic E-state index is 13.7. The number of nitrogens with zero attached hydrogens (tertiary/aromatic N) is 1. The van der Waals surface area contributed by atoms with E-state index in [0.717, 1.165) is 12.5 Å². The summed E-state index contributed by atoms with van der Waals surface area (Å²) in [7, 11) is 0. The van der Waals surface area contributed by atoms with Crippen molar-refractivity contribution in [2.45, 2.75) is 33.4 Å². The summed E-state index contributed by atoms with van der Waals surface area (Å²) in [5.74, 6) is -0.0791. The van der Waals surface area contributed by atoms with Crippen molar-refractivity contribution in [2.75, 3.05) is 6.61 Å². The Hall–Kier alpha value is -2.63. The number of ether oxygens (including phenoxy) is 1. The van der Waals surface area contributed by atoms with Crippen LogP contribution in [0.3, 0.4) is 0 Å². The Morgan fingerprint density at radius 1 is 1.00 bits per heavy atom. The number of halogens is 4. The SMILES string of the molecule is CC(C)C[C@H](C)COc1ccc(-c2ccnc3ccc(F)cc23)cc1C(F)(F)F. The Labute approximate surface area is 167 Å². The highest BCUT2D eigenvalue weighted by molar-refractivity contribution is 5.94. The van der Waals surface area contributed by atoms with Crippen molar-refractivity contribution < 1.29 is 22.3 Å². The van der Waals surface area contributed by atoms with Gasteiger partial charge < -0.3 is 4.74 Å². The molecule has 0 aliphatic rings. The molecule has 0 radical (unpaired) electrons. The van der Waals surface area contributed by atoms with Gasteiger partial charge in [-0.2, -0.15) is 13.2 Å². The van der Waals surface area contributed by atoms with Gasteiger partial charge in [-0.05, 0) is 65.8 Å². The van der Waals surface area contributed by atoms with Crippen molar-refractivity contribution >= 4 is 10.9 Å². The van der Waals surface area contributed by atoms with E-state index in [-0.39, 0.29) is 18.3 Å². The van der Waals surface area contributed by atoms with Crippen LogP contribution in [0.5, 0.6) is 5.75 Å². The van der Waals surface area contributed by atoms with Gasteiger partial charge in [0.05, 0.1) is 17.7 Å². The molecule has 1 heterocycles. The molecule has 0 amide bonds. The van der Waals surface area contributed by atoms with E-state index in [1.165, 1.54) is 30.5 Å². The molecular formula is C23H23F4NO. The van der Waals surface area contributed by atoms with E-state index in [1.54, 1.807) is 12.1 Å². The van der Waals surface area contributed by atoms with Crippen LogP contribution in [0, 0.1) is 17.7 Å². The van der Waals surface area contributed by atoms with Gasteiger partial charge in [-0.15, -0.1) is 0 Å². The van der Waals surface area contributed by atoms with Gasteiger partial charge in [0, 0.05) is 11.6 Å². The molecule has 1 atom stereocenters. The van der Waals surface area contributed by atoms with E-state index in [1.807, 2.05) is 6.92 Å². The minimum atomic E-state index is -4.57. The summed E-state index contributed by atoms with van der Waals surface area (Å²) in [6.45, 7) is 6.30. The number of aromatic nitrogens is 1. The fourth-order valence-corrected chi connectivity index (χ4v) is 3.52. The molecule has 0 aliphatic heterocycles. The molecule has 2 nitrogen and oxygen atoms in total. The van der Waals surface area contributed by atoms with Crippen LogP contribution in [0.2, 0.25) is 0 Å². The lowest BCUT2D eigenvalue weighted by Gasteiger charge is -2.19. The molecule has 6 heteroatoms. The minimum absolute atomic E-state index is 0.142. The number of rotatable bonds is 6. The summed E-state index contributed by atoms with van der Waals surface area (Å²) in [4.78, 5) is 4.16. The second-order valence-corrected chi connectivity index (χ2v) is 7.77. The minimum Gasteiger partial charge on any atom is -0.493 e. The fraction of sp³-hybridized carbons (Fsp3) is 0.348. The van der Waals surface area contributed by atoms with Crippen LogP contribution in [0.4, 0.5) is 17.6 Å². The van der Waals surface area contributed by atoms with E-state index in [9.17, 15) is 17.6 Å². The van der Waals surface area contributed by atoms with E-state index in [4.69, 9.17) is 4.74 Å². The molecule has 0 unspecified atom stereocenters. The number of hydrogen-bond donors (Lipinski definition) is 0. The molecule has 2 aromatic carbocycles. The maximum Gasteiger partial charge on any atom is 0.419 e. The van der Waals surface area contributed by atoms with Gasteiger partial charge in [-0.25, -0.2) is 4.39 Å². The van der Waals surface area contributed by atoms with Crippen LogP contribution in [0.25, 0.3) is 22.0 Å². The first-order valence-corrected chi connectivity index (χ1v) is 9.54. The molecule has 29 heavy (non-hydrogen) atoms. The standard InChI is InChI=1S/C23H23F4NO/c1-14(2)10-15(3)13-29-22-7-4-16(11-20(22)23(25,26)27)18-8-9-28-21-6-5-17(24)12-19(18)21/h4-9,11-12,14-15H,10,13H2,1-3H3/t15-/m0/s1. The normalized spacial score (nSPS) is 13.1. The molecule has 0 saturated heterocycles. The first kappa shape index (κ1) is 21.1. The quantitative estimate of drug-likeness (QED) is 0.407. The van der Waals surface area contributed by atoms with Gasteiger partial charge in [0.15, 0.2) is 0 Å². The maximum absolute atomic E-state index is 13.7. The molecule has 0 fully saturated rings. The molecular weight excluding hydrogens is 382 g/mol. The van der Waals surface area contributed by atoms with E-state index >= 15 is 0 Å². The third kappa shape index (κ3) is 5.05. The van der Waals surface area contributed by atoms with Gasteiger partial charge in [0.2, 0.25) is 0 Å². The van der Waals surface area contributed by atoms with E-state index < -0.39 is 17.6 Å². The van der Waals surface area contributed by atoms with Gasteiger partial charge >= 0.3 is 6.18 Å². The van der Waals surface area contributed by atoms with Gasteiger partial charge in [-0.3, -0.25) is 4.98 Å². The highest BCUT2D eigenvalue weighted by atomic mass is 19.4. The zero-order chi connectivity index (χ0) is 21.2. The van der Waals surface area contributed by atoms with Crippen LogP contribution in [0.1, 0.15) is 32.8 Å². The summed E-state index contributed by atoms with van der Waals surface area (Å²) in [5, 5.41) is 0.458. The molecule has 154 valence electrons. The Morgan fingerprint density at radius 2 is 1.76 bits per heavy atom. The lowest BCUT2D eigenvalue weighted by molar-refractivity contribution is -0.139. The number of pyridine rings is 1. The van der Waals surface area contributed by atoms with Crippen LogP contribution in [0.15, 0.2) is 48.7 Å². The fourth-order valence-electron chi connectivity index (χ4n) is 3.52. The third-order valence-electron chi connectivity index (χ3n) is 4.70. The smallest absolute Gasteiger partial charge is 0.419 e. The van der Waals surface area contributed by atoms with Crippen molar-refractivity contribution in [3.63, 3.8) is 0 Å². The molecule has 3 aromatic rings. The Kier molecular flexibility index (Phi) is 6.10. The molecule has 1 aromatic heterocycles. The number of hydrogen-bond acceptors (Lipinski definition) is 2. The largest absolute Gasteiger partial charge is 0.493 e. The van der Waals surface area contributed by atoms with Gasteiger partial charge in [0.25, 0.3) is 0 Å². The van der Waals surface area contributed by atoms with Crippen molar-refractivity contribution in [3.8, 4) is 16.9 Å². The van der Waals surface area contributed by atoms with Crippen LogP contribution in [-0.4, -0.2) is 11.6 Å². The lowest BCUT2D eigenvalue weighted by atomic mass is 9.98. The lowest BCUT2D eigenvalue weighted by Crippen LogP contribution is -2.14. The number of benzene rings is 2. The average molecular weight is 405 g/mol.